The van der Waals surface area contributed by atoms with Gasteiger partial charge in [0.15, 0.2) is 0 Å². The minimum atomic E-state index is -0.414. The van der Waals surface area contributed by atoms with Crippen LogP contribution in [0.1, 0.15) is 29.9 Å². The number of hydrogen-bond donors (Lipinski definition) is 2. The number of pyridine rings is 1. The standard InChI is InChI=1S/C19H15FN4O2/c1-3-15-9-22-17(10-21-15)11(2)23-18(25)8-13-6-12-7-14(20)4-5-16(12)24-19(13)26/h1,4-7,9-11H,8H2,2H3,(H,23,25)(H,24,26). The predicted octanol–water partition coefficient (Wildman–Crippen LogP) is 1.86. The lowest BCUT2D eigenvalue weighted by atomic mass is 10.1. The molecule has 1 amide bonds. The Labute approximate surface area is 148 Å². The second-order valence-electron chi connectivity index (χ2n) is 5.79. The van der Waals surface area contributed by atoms with Crippen LogP contribution in [0, 0.1) is 18.2 Å². The van der Waals surface area contributed by atoms with Gasteiger partial charge >= 0.3 is 0 Å². The Morgan fingerprint density at radius 2 is 2.15 bits per heavy atom. The molecule has 0 bridgehead atoms. The average Bonchev–Trinajstić information content (AvgIpc) is 2.62. The van der Waals surface area contributed by atoms with Crippen LogP contribution in [-0.4, -0.2) is 20.9 Å². The molecule has 1 aromatic carbocycles. The Kier molecular flexibility index (Phi) is 4.76. The van der Waals surface area contributed by atoms with E-state index in [1.807, 2.05) is 0 Å². The normalized spacial score (nSPS) is 11.7. The van der Waals surface area contributed by atoms with Crippen molar-refractivity contribution >= 4 is 16.8 Å². The van der Waals surface area contributed by atoms with Crippen LogP contribution in [-0.2, 0) is 11.2 Å². The lowest BCUT2D eigenvalue weighted by Crippen LogP contribution is -2.30. The molecular formula is C19H15FN4O2. The van der Waals surface area contributed by atoms with E-state index >= 15 is 0 Å². The highest BCUT2D eigenvalue weighted by atomic mass is 19.1. The van der Waals surface area contributed by atoms with Gasteiger partial charge in [-0.15, -0.1) is 6.42 Å². The monoisotopic (exact) mass is 350 g/mol. The summed E-state index contributed by atoms with van der Waals surface area (Å²) in [6.07, 6.45) is 8.03. The molecule has 3 aromatic rings. The summed E-state index contributed by atoms with van der Waals surface area (Å²) in [7, 11) is 0. The highest BCUT2D eigenvalue weighted by Gasteiger charge is 2.14. The Morgan fingerprint density at radius 3 is 2.85 bits per heavy atom. The van der Waals surface area contributed by atoms with E-state index in [4.69, 9.17) is 6.42 Å². The van der Waals surface area contributed by atoms with E-state index < -0.39 is 11.9 Å². The summed E-state index contributed by atoms with van der Waals surface area (Å²) in [5.74, 6) is 1.59. The molecule has 0 spiro atoms. The van der Waals surface area contributed by atoms with Crippen molar-refractivity contribution in [2.45, 2.75) is 19.4 Å². The molecule has 0 saturated carbocycles. The van der Waals surface area contributed by atoms with Crippen molar-refractivity contribution in [2.24, 2.45) is 0 Å². The van der Waals surface area contributed by atoms with Crippen molar-refractivity contribution in [3.05, 3.63) is 69.8 Å². The largest absolute Gasteiger partial charge is 0.348 e. The molecule has 7 heteroatoms. The zero-order valence-electron chi connectivity index (χ0n) is 13.9. The topological polar surface area (TPSA) is 87.7 Å². The fourth-order valence-corrected chi connectivity index (χ4v) is 2.53. The number of nitrogens with zero attached hydrogens (tertiary/aromatic N) is 2. The van der Waals surface area contributed by atoms with E-state index in [1.54, 1.807) is 6.92 Å². The van der Waals surface area contributed by atoms with Gasteiger partial charge in [-0.05, 0) is 37.1 Å². The fraction of sp³-hybridized carbons (Fsp3) is 0.158. The molecule has 2 aromatic heterocycles. The molecule has 0 fully saturated rings. The molecule has 2 heterocycles. The van der Waals surface area contributed by atoms with Gasteiger partial charge in [-0.2, -0.15) is 0 Å². The Morgan fingerprint density at radius 1 is 1.35 bits per heavy atom. The van der Waals surface area contributed by atoms with Gasteiger partial charge in [0.1, 0.15) is 11.5 Å². The quantitative estimate of drug-likeness (QED) is 0.703. The molecule has 6 nitrogen and oxygen atoms in total. The van der Waals surface area contributed by atoms with E-state index in [1.165, 1.54) is 36.7 Å². The van der Waals surface area contributed by atoms with Gasteiger partial charge < -0.3 is 10.3 Å². The van der Waals surface area contributed by atoms with Crippen LogP contribution in [0.25, 0.3) is 10.9 Å². The summed E-state index contributed by atoms with van der Waals surface area (Å²) < 4.78 is 13.3. The number of carbonyl (C=O) groups excluding carboxylic acids is 1. The first-order valence-electron chi connectivity index (χ1n) is 7.85. The highest BCUT2D eigenvalue weighted by Crippen LogP contribution is 2.13. The predicted molar refractivity (Wildman–Crippen MR) is 94.8 cm³/mol. The maximum Gasteiger partial charge on any atom is 0.252 e. The van der Waals surface area contributed by atoms with Gasteiger partial charge in [0.25, 0.3) is 5.56 Å². The maximum absolute atomic E-state index is 13.3. The first kappa shape index (κ1) is 17.3. The molecular weight excluding hydrogens is 335 g/mol. The molecule has 0 saturated heterocycles. The Balaban J connectivity index is 1.75. The second kappa shape index (κ2) is 7.15. The molecule has 0 aliphatic rings. The number of nitrogens with one attached hydrogen (secondary N) is 2. The summed E-state index contributed by atoms with van der Waals surface area (Å²) in [5.41, 5.74) is 1.33. The fourth-order valence-electron chi connectivity index (χ4n) is 2.53. The number of terminal acetylenes is 1. The van der Waals surface area contributed by atoms with Crippen molar-refractivity contribution in [3.63, 3.8) is 0 Å². The SMILES string of the molecule is C#Cc1cnc(C(C)NC(=O)Cc2cc3cc(F)ccc3[nH]c2=O)cn1. The third-order valence-corrected chi connectivity index (χ3v) is 3.88. The zero-order valence-corrected chi connectivity index (χ0v) is 13.9. The Bertz CT molecular complexity index is 1070. The zero-order chi connectivity index (χ0) is 18.7. The van der Waals surface area contributed by atoms with E-state index in [0.717, 1.165) is 0 Å². The second-order valence-corrected chi connectivity index (χ2v) is 5.79. The van der Waals surface area contributed by atoms with E-state index in [2.05, 4.69) is 26.2 Å². The van der Waals surface area contributed by atoms with Gasteiger partial charge in [-0.1, -0.05) is 0 Å². The first-order valence-corrected chi connectivity index (χ1v) is 7.85. The number of amides is 1. The number of H-pyrrole nitrogens is 1. The molecule has 0 aliphatic heterocycles. The Hall–Kier alpha value is -3.53. The van der Waals surface area contributed by atoms with Gasteiger partial charge in [0.2, 0.25) is 5.91 Å². The number of carbonyl (C=O) groups is 1. The molecule has 2 N–H and O–H groups in total. The van der Waals surface area contributed by atoms with Crippen molar-refractivity contribution < 1.29 is 9.18 Å². The average molecular weight is 350 g/mol. The molecule has 1 atom stereocenters. The lowest BCUT2D eigenvalue weighted by molar-refractivity contribution is -0.121. The number of benzene rings is 1. The number of halogens is 1. The number of fused-ring (bicyclic) bond motifs is 1. The van der Waals surface area contributed by atoms with Crippen LogP contribution in [0.3, 0.4) is 0 Å². The molecule has 0 radical (unpaired) electrons. The maximum atomic E-state index is 13.3. The van der Waals surface area contributed by atoms with Crippen molar-refractivity contribution in [2.75, 3.05) is 0 Å². The van der Waals surface area contributed by atoms with Gasteiger partial charge in [0.05, 0.1) is 30.6 Å². The minimum absolute atomic E-state index is 0.137. The van der Waals surface area contributed by atoms with Crippen molar-refractivity contribution in [3.8, 4) is 12.3 Å². The lowest BCUT2D eigenvalue weighted by Gasteiger charge is -2.13. The number of aromatic amines is 1. The van der Waals surface area contributed by atoms with Crippen LogP contribution in [0.4, 0.5) is 4.39 Å². The van der Waals surface area contributed by atoms with Gasteiger partial charge in [-0.25, -0.2) is 9.37 Å². The van der Waals surface area contributed by atoms with Crippen LogP contribution in [0.15, 0.2) is 41.5 Å². The van der Waals surface area contributed by atoms with Crippen LogP contribution < -0.4 is 10.9 Å². The summed E-state index contributed by atoms with van der Waals surface area (Å²) in [4.78, 5) is 35.2. The van der Waals surface area contributed by atoms with Gasteiger partial charge in [0, 0.05) is 16.5 Å². The van der Waals surface area contributed by atoms with Crippen LogP contribution in [0.5, 0.6) is 0 Å². The third-order valence-electron chi connectivity index (χ3n) is 3.88. The summed E-state index contributed by atoms with van der Waals surface area (Å²) in [5, 5.41) is 3.27. The van der Waals surface area contributed by atoms with Gasteiger partial charge in [-0.3, -0.25) is 14.6 Å². The molecule has 0 aliphatic carbocycles. The van der Waals surface area contributed by atoms with Crippen LogP contribution >= 0.6 is 0 Å². The minimum Gasteiger partial charge on any atom is -0.348 e. The first-order chi connectivity index (χ1) is 12.5. The smallest absolute Gasteiger partial charge is 0.252 e. The molecule has 130 valence electrons. The highest BCUT2D eigenvalue weighted by molar-refractivity contribution is 5.82. The number of aromatic nitrogens is 3. The third kappa shape index (κ3) is 3.75. The number of hydrogen-bond acceptors (Lipinski definition) is 4. The molecule has 26 heavy (non-hydrogen) atoms. The summed E-state index contributed by atoms with van der Waals surface area (Å²) in [6, 6.07) is 5.16. The summed E-state index contributed by atoms with van der Waals surface area (Å²) in [6.45, 7) is 1.75. The van der Waals surface area contributed by atoms with E-state index in [9.17, 15) is 14.0 Å². The summed E-state index contributed by atoms with van der Waals surface area (Å²) >= 11 is 0. The molecule has 3 rings (SSSR count). The van der Waals surface area contributed by atoms with E-state index in [-0.39, 0.29) is 23.5 Å². The van der Waals surface area contributed by atoms with Crippen molar-refractivity contribution in [1.29, 1.82) is 0 Å². The molecule has 1 unspecified atom stereocenters. The van der Waals surface area contributed by atoms with Crippen LogP contribution in [0.2, 0.25) is 0 Å². The number of rotatable bonds is 4. The van der Waals surface area contributed by atoms with E-state index in [0.29, 0.717) is 22.3 Å². The van der Waals surface area contributed by atoms with Crippen molar-refractivity contribution in [1.82, 2.24) is 20.3 Å².